The molecule has 8 heteroatoms. The fourth-order valence-corrected chi connectivity index (χ4v) is 4.85. The lowest BCUT2D eigenvalue weighted by molar-refractivity contribution is 0.0773. The summed E-state index contributed by atoms with van der Waals surface area (Å²) in [6.45, 7) is 5.03. The Kier molecular flexibility index (Phi) is 7.34. The van der Waals surface area contributed by atoms with E-state index in [0.717, 1.165) is 5.56 Å². The van der Waals surface area contributed by atoms with Crippen molar-refractivity contribution in [3.8, 4) is 5.69 Å². The van der Waals surface area contributed by atoms with Gasteiger partial charge in [0.05, 0.1) is 16.6 Å². The number of halogens is 2. The highest BCUT2D eigenvalue weighted by Crippen LogP contribution is 2.26. The summed E-state index contributed by atoms with van der Waals surface area (Å²) < 4.78 is 15.0. The van der Waals surface area contributed by atoms with Crippen LogP contribution >= 0.6 is 23.4 Å². The van der Waals surface area contributed by atoms with Gasteiger partial charge in [0.25, 0.3) is 11.5 Å². The quantitative estimate of drug-likeness (QED) is 0.235. The molecule has 5 nitrogen and oxygen atoms in total. The Bertz CT molecular complexity index is 1400. The molecule has 4 rings (SSSR count). The predicted molar refractivity (Wildman–Crippen MR) is 136 cm³/mol. The Morgan fingerprint density at radius 1 is 1.06 bits per heavy atom. The summed E-state index contributed by atoms with van der Waals surface area (Å²) in [5.74, 6) is 0.0281. The van der Waals surface area contributed by atoms with Crippen molar-refractivity contribution in [3.63, 3.8) is 0 Å². The Balaban J connectivity index is 1.83. The van der Waals surface area contributed by atoms with E-state index >= 15 is 0 Å². The normalized spacial score (nSPS) is 11.1. The Morgan fingerprint density at radius 2 is 1.79 bits per heavy atom. The van der Waals surface area contributed by atoms with Crippen LogP contribution in [0.4, 0.5) is 4.39 Å². The maximum Gasteiger partial charge on any atom is 0.266 e. The lowest BCUT2D eigenvalue weighted by Crippen LogP contribution is -2.30. The van der Waals surface area contributed by atoms with E-state index in [1.165, 1.54) is 28.5 Å². The molecule has 0 N–H and O–H groups in total. The predicted octanol–water partition coefficient (Wildman–Crippen LogP) is 5.95. The molecule has 174 valence electrons. The van der Waals surface area contributed by atoms with Crippen molar-refractivity contribution in [2.45, 2.75) is 24.8 Å². The second-order valence-corrected chi connectivity index (χ2v) is 9.02. The summed E-state index contributed by atoms with van der Waals surface area (Å²) in [4.78, 5) is 32.8. The number of hydrogen-bond donors (Lipinski definition) is 0. The average Bonchev–Trinajstić information content (AvgIpc) is 2.84. The SMILES string of the molecule is CCN(CC)C(=O)c1ccc2c(=O)n(-c3ccc(F)cc3)c(SCc3cccc(Cl)c3)nc2c1. The molecule has 0 bridgehead atoms. The van der Waals surface area contributed by atoms with Crippen molar-refractivity contribution in [1.29, 1.82) is 0 Å². The molecule has 0 unspecified atom stereocenters. The van der Waals surface area contributed by atoms with Crippen molar-refractivity contribution in [1.82, 2.24) is 14.5 Å². The maximum atomic E-state index is 13.6. The zero-order valence-corrected chi connectivity index (χ0v) is 20.4. The summed E-state index contributed by atoms with van der Waals surface area (Å²) in [5.41, 5.74) is 2.12. The zero-order valence-electron chi connectivity index (χ0n) is 18.8. The third kappa shape index (κ3) is 5.00. The van der Waals surface area contributed by atoms with Gasteiger partial charge < -0.3 is 4.90 Å². The first kappa shape index (κ1) is 24.0. The van der Waals surface area contributed by atoms with Crippen LogP contribution in [0.5, 0.6) is 0 Å². The molecular weight excluding hydrogens is 473 g/mol. The number of nitrogens with zero attached hydrogens (tertiary/aromatic N) is 3. The van der Waals surface area contributed by atoms with Gasteiger partial charge in [-0.05, 0) is 74.0 Å². The minimum Gasteiger partial charge on any atom is -0.339 e. The molecule has 3 aromatic carbocycles. The highest BCUT2D eigenvalue weighted by Gasteiger charge is 2.17. The largest absolute Gasteiger partial charge is 0.339 e. The van der Waals surface area contributed by atoms with Crippen LogP contribution in [0.15, 0.2) is 76.7 Å². The highest BCUT2D eigenvalue weighted by molar-refractivity contribution is 7.98. The van der Waals surface area contributed by atoms with Crippen LogP contribution < -0.4 is 5.56 Å². The molecule has 0 aliphatic heterocycles. The number of thioether (sulfide) groups is 1. The lowest BCUT2D eigenvalue weighted by atomic mass is 10.1. The smallest absolute Gasteiger partial charge is 0.266 e. The fourth-order valence-electron chi connectivity index (χ4n) is 3.68. The summed E-state index contributed by atoms with van der Waals surface area (Å²) in [5, 5.41) is 1.45. The minimum atomic E-state index is -0.391. The molecule has 0 spiro atoms. The molecule has 0 atom stereocenters. The van der Waals surface area contributed by atoms with Gasteiger partial charge in [0.2, 0.25) is 0 Å². The van der Waals surface area contributed by atoms with Gasteiger partial charge in [0, 0.05) is 29.4 Å². The molecule has 0 radical (unpaired) electrons. The molecular formula is C26H23ClFN3O2S. The van der Waals surface area contributed by atoms with Crippen molar-refractivity contribution in [2.24, 2.45) is 0 Å². The maximum absolute atomic E-state index is 13.6. The monoisotopic (exact) mass is 495 g/mol. The number of hydrogen-bond acceptors (Lipinski definition) is 4. The molecule has 4 aromatic rings. The molecule has 1 heterocycles. The minimum absolute atomic E-state index is 0.107. The molecule has 34 heavy (non-hydrogen) atoms. The van der Waals surface area contributed by atoms with Crippen LogP contribution in [0.3, 0.4) is 0 Å². The zero-order chi connectivity index (χ0) is 24.2. The number of amides is 1. The van der Waals surface area contributed by atoms with Crippen LogP contribution in [0.1, 0.15) is 29.8 Å². The van der Waals surface area contributed by atoms with E-state index in [1.54, 1.807) is 41.3 Å². The summed E-state index contributed by atoms with van der Waals surface area (Å²) in [6, 6.07) is 18.1. The van der Waals surface area contributed by atoms with E-state index in [9.17, 15) is 14.0 Å². The molecule has 1 aromatic heterocycles. The number of aromatic nitrogens is 2. The number of fused-ring (bicyclic) bond motifs is 1. The molecule has 0 saturated carbocycles. The van der Waals surface area contributed by atoms with Crippen LogP contribution in [-0.2, 0) is 5.75 Å². The lowest BCUT2D eigenvalue weighted by Gasteiger charge is -2.19. The molecule has 0 aliphatic rings. The Hall–Kier alpha value is -3.16. The van der Waals surface area contributed by atoms with E-state index in [4.69, 9.17) is 16.6 Å². The standard InChI is InChI=1S/C26H23ClFN3O2S/c1-3-30(4-2)24(32)18-8-13-22-23(15-18)29-26(34-16-17-6-5-7-19(27)14-17)31(25(22)33)21-11-9-20(28)10-12-21/h5-15H,3-4,16H2,1-2H3. The number of carbonyl (C=O) groups is 1. The second-order valence-electron chi connectivity index (χ2n) is 7.64. The molecule has 1 amide bonds. The topological polar surface area (TPSA) is 55.2 Å². The van der Waals surface area contributed by atoms with Crippen molar-refractivity contribution in [3.05, 3.63) is 99.1 Å². The number of benzene rings is 3. The highest BCUT2D eigenvalue weighted by atomic mass is 35.5. The summed E-state index contributed by atoms with van der Waals surface area (Å²) >= 11 is 7.49. The van der Waals surface area contributed by atoms with E-state index in [-0.39, 0.29) is 11.5 Å². The summed E-state index contributed by atoms with van der Waals surface area (Å²) in [6.07, 6.45) is 0. The van der Waals surface area contributed by atoms with Crippen LogP contribution in [0, 0.1) is 5.82 Å². The van der Waals surface area contributed by atoms with Crippen molar-refractivity contribution >= 4 is 40.2 Å². The van der Waals surface area contributed by atoms with Crippen molar-refractivity contribution < 1.29 is 9.18 Å². The number of rotatable bonds is 7. The third-order valence-electron chi connectivity index (χ3n) is 5.48. The third-order valence-corrected chi connectivity index (χ3v) is 6.72. The van der Waals surface area contributed by atoms with Gasteiger partial charge in [0.1, 0.15) is 5.82 Å². The van der Waals surface area contributed by atoms with Gasteiger partial charge in [-0.3, -0.25) is 14.2 Å². The number of carbonyl (C=O) groups excluding carboxylic acids is 1. The first-order chi connectivity index (χ1) is 16.4. The average molecular weight is 496 g/mol. The van der Waals surface area contributed by atoms with Gasteiger partial charge in [-0.15, -0.1) is 0 Å². The first-order valence-electron chi connectivity index (χ1n) is 10.9. The van der Waals surface area contributed by atoms with Crippen LogP contribution in [-0.4, -0.2) is 33.4 Å². The van der Waals surface area contributed by atoms with Crippen LogP contribution in [0.2, 0.25) is 5.02 Å². The second kappa shape index (κ2) is 10.4. The van der Waals surface area contributed by atoms with Gasteiger partial charge in [-0.1, -0.05) is 35.5 Å². The Labute approximate surface area is 206 Å². The van der Waals surface area contributed by atoms with E-state index in [2.05, 4.69) is 0 Å². The first-order valence-corrected chi connectivity index (χ1v) is 12.3. The van der Waals surface area contributed by atoms with Gasteiger partial charge >= 0.3 is 0 Å². The van der Waals surface area contributed by atoms with Gasteiger partial charge in [-0.2, -0.15) is 0 Å². The molecule has 0 aliphatic carbocycles. The van der Waals surface area contributed by atoms with E-state index < -0.39 is 5.82 Å². The fraction of sp³-hybridized carbons (Fsp3) is 0.192. The van der Waals surface area contributed by atoms with Gasteiger partial charge in [-0.25, -0.2) is 9.37 Å². The van der Waals surface area contributed by atoms with Crippen LogP contribution in [0.25, 0.3) is 16.6 Å². The molecule has 0 fully saturated rings. The summed E-state index contributed by atoms with van der Waals surface area (Å²) in [7, 11) is 0. The van der Waals surface area contributed by atoms with E-state index in [1.807, 2.05) is 32.0 Å². The van der Waals surface area contributed by atoms with Crippen molar-refractivity contribution in [2.75, 3.05) is 13.1 Å². The van der Waals surface area contributed by atoms with Gasteiger partial charge in [0.15, 0.2) is 5.16 Å². The molecule has 0 saturated heterocycles. The van der Waals surface area contributed by atoms with E-state index in [0.29, 0.717) is 51.2 Å². The Morgan fingerprint density at radius 3 is 2.47 bits per heavy atom.